The third kappa shape index (κ3) is 8.04. The number of nitrogens with one attached hydrogen (secondary N) is 2. The van der Waals surface area contributed by atoms with Crippen LogP contribution < -0.4 is 10.6 Å². The molecule has 3 rings (SSSR count). The van der Waals surface area contributed by atoms with E-state index in [2.05, 4.69) is 50.5 Å². The van der Waals surface area contributed by atoms with Crippen LogP contribution in [0.25, 0.3) is 0 Å². The summed E-state index contributed by atoms with van der Waals surface area (Å²) in [6.45, 7) is 8.64. The zero-order chi connectivity index (χ0) is 27.0. The van der Waals surface area contributed by atoms with Crippen LogP contribution in [0.1, 0.15) is 72.6 Å². The molecule has 3 aromatic rings. The fourth-order valence-electron chi connectivity index (χ4n) is 4.04. The van der Waals surface area contributed by atoms with Gasteiger partial charge in [0.25, 0.3) is 5.91 Å². The monoisotopic (exact) mass is 500 g/mol. The molecule has 0 fully saturated rings. The largest absolute Gasteiger partial charge is 0.481 e. The second-order valence-electron chi connectivity index (χ2n) is 10.3. The first-order valence-electron chi connectivity index (χ1n) is 12.7. The third-order valence-electron chi connectivity index (χ3n) is 6.41. The number of aliphatic carboxylic acids is 1. The summed E-state index contributed by atoms with van der Waals surface area (Å²) in [6, 6.07) is 23.2. The highest BCUT2D eigenvalue weighted by Gasteiger charge is 2.23. The van der Waals surface area contributed by atoms with Crippen molar-refractivity contribution in [3.05, 3.63) is 101 Å². The van der Waals surface area contributed by atoms with E-state index in [-0.39, 0.29) is 30.2 Å². The van der Waals surface area contributed by atoms with Gasteiger partial charge in [0.2, 0.25) is 5.91 Å². The Balaban J connectivity index is 1.80. The average molecular weight is 501 g/mol. The van der Waals surface area contributed by atoms with Crippen LogP contribution in [0.3, 0.4) is 0 Å². The summed E-state index contributed by atoms with van der Waals surface area (Å²) in [7, 11) is 0. The standard InChI is InChI=1S/C31H36N2O4/c1-5-21-8-16-26(17-9-21)33-30(37)27(23-12-14-25(15-13-23)31(2,3)4)20-22-6-10-24(11-7-22)29(36)32-19-18-28(34)35/h6-17,27H,5,18-20H2,1-4H3,(H,32,36)(H,33,37)(H,34,35). The molecule has 194 valence electrons. The molecule has 3 N–H and O–H groups in total. The number of carbonyl (C=O) groups excluding carboxylic acids is 2. The van der Waals surface area contributed by atoms with Gasteiger partial charge in [-0.15, -0.1) is 0 Å². The van der Waals surface area contributed by atoms with Gasteiger partial charge < -0.3 is 15.7 Å². The maximum Gasteiger partial charge on any atom is 0.305 e. The number of hydrogen-bond acceptors (Lipinski definition) is 3. The zero-order valence-electron chi connectivity index (χ0n) is 22.0. The number of anilines is 1. The molecule has 1 atom stereocenters. The van der Waals surface area contributed by atoms with E-state index in [9.17, 15) is 14.4 Å². The predicted molar refractivity (Wildman–Crippen MR) is 147 cm³/mol. The Morgan fingerprint density at radius 1 is 0.838 bits per heavy atom. The van der Waals surface area contributed by atoms with Gasteiger partial charge in [-0.25, -0.2) is 0 Å². The first kappa shape index (κ1) is 27.7. The van der Waals surface area contributed by atoms with Gasteiger partial charge in [0.15, 0.2) is 0 Å². The molecule has 0 aromatic heterocycles. The van der Waals surface area contributed by atoms with Crippen molar-refractivity contribution in [3.8, 4) is 0 Å². The number of hydrogen-bond donors (Lipinski definition) is 3. The molecule has 3 aromatic carbocycles. The highest BCUT2D eigenvalue weighted by molar-refractivity contribution is 5.96. The molecule has 0 aliphatic heterocycles. The summed E-state index contributed by atoms with van der Waals surface area (Å²) >= 11 is 0. The Hall–Kier alpha value is -3.93. The van der Waals surface area contributed by atoms with Crippen molar-refractivity contribution in [1.82, 2.24) is 5.32 Å². The molecular formula is C31H36N2O4. The van der Waals surface area contributed by atoms with Crippen LogP contribution in [0, 0.1) is 0 Å². The number of rotatable bonds is 10. The molecule has 6 nitrogen and oxygen atoms in total. The first-order chi connectivity index (χ1) is 17.6. The second kappa shape index (κ2) is 12.3. The molecule has 0 radical (unpaired) electrons. The Bertz CT molecular complexity index is 1210. The summed E-state index contributed by atoms with van der Waals surface area (Å²) in [5.74, 6) is -1.80. The SMILES string of the molecule is CCc1ccc(NC(=O)C(Cc2ccc(C(=O)NCCC(=O)O)cc2)c2ccc(C(C)(C)C)cc2)cc1. The fourth-order valence-corrected chi connectivity index (χ4v) is 4.04. The molecule has 0 spiro atoms. The average Bonchev–Trinajstić information content (AvgIpc) is 2.87. The van der Waals surface area contributed by atoms with E-state index in [4.69, 9.17) is 5.11 Å². The lowest BCUT2D eigenvalue weighted by atomic mass is 9.84. The quantitative estimate of drug-likeness (QED) is 0.332. The molecule has 0 bridgehead atoms. The van der Waals surface area contributed by atoms with Gasteiger partial charge in [0, 0.05) is 17.8 Å². The maximum absolute atomic E-state index is 13.5. The number of benzene rings is 3. The molecule has 6 heteroatoms. The van der Waals surface area contributed by atoms with Crippen LogP contribution in [0.5, 0.6) is 0 Å². The molecule has 0 heterocycles. The van der Waals surface area contributed by atoms with E-state index >= 15 is 0 Å². The molecule has 0 aliphatic carbocycles. The van der Waals surface area contributed by atoms with Crippen LogP contribution in [0.2, 0.25) is 0 Å². The number of aryl methyl sites for hydroxylation is 1. The van der Waals surface area contributed by atoms with Gasteiger partial charge in [-0.05, 0) is 64.8 Å². The van der Waals surface area contributed by atoms with Crippen molar-refractivity contribution in [1.29, 1.82) is 0 Å². The smallest absolute Gasteiger partial charge is 0.305 e. The van der Waals surface area contributed by atoms with Gasteiger partial charge in [-0.1, -0.05) is 76.2 Å². The van der Waals surface area contributed by atoms with Gasteiger partial charge in [-0.2, -0.15) is 0 Å². The van der Waals surface area contributed by atoms with E-state index in [0.717, 1.165) is 23.2 Å². The van der Waals surface area contributed by atoms with Crippen molar-refractivity contribution in [3.63, 3.8) is 0 Å². The zero-order valence-corrected chi connectivity index (χ0v) is 22.0. The minimum atomic E-state index is -0.961. The van der Waals surface area contributed by atoms with Crippen molar-refractivity contribution in [2.24, 2.45) is 0 Å². The Morgan fingerprint density at radius 3 is 1.97 bits per heavy atom. The highest BCUT2D eigenvalue weighted by atomic mass is 16.4. The van der Waals surface area contributed by atoms with E-state index in [1.165, 1.54) is 11.1 Å². The van der Waals surface area contributed by atoms with Crippen LogP contribution in [-0.4, -0.2) is 29.4 Å². The van der Waals surface area contributed by atoms with Crippen molar-refractivity contribution < 1.29 is 19.5 Å². The molecule has 1 unspecified atom stereocenters. The van der Waals surface area contributed by atoms with Crippen molar-refractivity contribution in [2.45, 2.75) is 58.3 Å². The van der Waals surface area contributed by atoms with Crippen molar-refractivity contribution >= 4 is 23.5 Å². The predicted octanol–water partition coefficient (Wildman–Crippen LogP) is 5.72. The van der Waals surface area contributed by atoms with Gasteiger partial charge in [0.05, 0.1) is 12.3 Å². The Labute approximate surface area is 219 Å². The van der Waals surface area contributed by atoms with Gasteiger partial charge in [0.1, 0.15) is 0 Å². The van der Waals surface area contributed by atoms with Crippen LogP contribution in [-0.2, 0) is 27.8 Å². The summed E-state index contributed by atoms with van der Waals surface area (Å²) in [4.78, 5) is 36.4. The molecule has 0 saturated heterocycles. The molecular weight excluding hydrogens is 464 g/mol. The summed E-state index contributed by atoms with van der Waals surface area (Å²) < 4.78 is 0. The number of carboxylic acid groups (broad SMARTS) is 1. The van der Waals surface area contributed by atoms with E-state index < -0.39 is 11.9 Å². The second-order valence-corrected chi connectivity index (χ2v) is 10.3. The maximum atomic E-state index is 13.5. The number of carbonyl (C=O) groups is 3. The van der Waals surface area contributed by atoms with E-state index in [1.54, 1.807) is 12.1 Å². The Kier molecular flexibility index (Phi) is 9.23. The summed E-state index contributed by atoms with van der Waals surface area (Å²) in [5.41, 5.74) is 5.46. The minimum absolute atomic E-state index is 0.0121. The van der Waals surface area contributed by atoms with E-state index in [0.29, 0.717) is 12.0 Å². The van der Waals surface area contributed by atoms with Crippen molar-refractivity contribution in [2.75, 3.05) is 11.9 Å². The number of amides is 2. The van der Waals surface area contributed by atoms with Gasteiger partial charge >= 0.3 is 5.97 Å². The third-order valence-corrected chi connectivity index (χ3v) is 6.41. The first-order valence-corrected chi connectivity index (χ1v) is 12.7. The highest BCUT2D eigenvalue weighted by Crippen LogP contribution is 2.28. The molecule has 0 aliphatic rings. The van der Waals surface area contributed by atoms with Crippen LogP contribution in [0.15, 0.2) is 72.8 Å². The number of carboxylic acids is 1. The lowest BCUT2D eigenvalue weighted by Crippen LogP contribution is -2.26. The fraction of sp³-hybridized carbons (Fsp3) is 0.323. The Morgan fingerprint density at radius 2 is 1.43 bits per heavy atom. The van der Waals surface area contributed by atoms with Crippen LogP contribution in [0.4, 0.5) is 5.69 Å². The summed E-state index contributed by atoms with van der Waals surface area (Å²) in [6.07, 6.45) is 1.27. The topological polar surface area (TPSA) is 95.5 Å². The molecule has 0 saturated carbocycles. The normalized spacial score (nSPS) is 12.0. The molecule has 37 heavy (non-hydrogen) atoms. The van der Waals surface area contributed by atoms with Gasteiger partial charge in [-0.3, -0.25) is 14.4 Å². The van der Waals surface area contributed by atoms with Crippen LogP contribution >= 0.6 is 0 Å². The summed E-state index contributed by atoms with van der Waals surface area (Å²) in [5, 5.41) is 14.4. The van der Waals surface area contributed by atoms with E-state index in [1.807, 2.05) is 48.5 Å². The lowest BCUT2D eigenvalue weighted by molar-refractivity contribution is -0.136. The molecule has 2 amide bonds. The minimum Gasteiger partial charge on any atom is -0.481 e. The lowest BCUT2D eigenvalue weighted by Gasteiger charge is -2.22.